The van der Waals surface area contributed by atoms with Gasteiger partial charge < -0.3 is 14.8 Å². The topological polar surface area (TPSA) is 88.8 Å². The van der Waals surface area contributed by atoms with Crippen LogP contribution in [0.3, 0.4) is 0 Å². The molecule has 3 aromatic heterocycles. The van der Waals surface area contributed by atoms with Gasteiger partial charge in [0.1, 0.15) is 12.2 Å². The van der Waals surface area contributed by atoms with Gasteiger partial charge in [-0.15, -0.1) is 0 Å². The van der Waals surface area contributed by atoms with E-state index in [1.807, 2.05) is 12.1 Å². The number of nitrogens with one attached hydrogen (secondary N) is 1. The molecule has 0 radical (unpaired) electrons. The number of imidazole rings is 1. The molecular formula is C21H25N7O. The van der Waals surface area contributed by atoms with Crippen LogP contribution in [0.4, 0.5) is 11.5 Å². The Morgan fingerprint density at radius 1 is 1.14 bits per heavy atom. The van der Waals surface area contributed by atoms with Crippen molar-refractivity contribution in [1.82, 2.24) is 24.5 Å². The second-order valence-electron chi connectivity index (χ2n) is 7.88. The average Bonchev–Trinajstić information content (AvgIpc) is 2.95. The van der Waals surface area contributed by atoms with Crippen molar-refractivity contribution in [2.45, 2.75) is 45.1 Å². The maximum atomic E-state index is 12.8. The minimum absolute atomic E-state index is 0.0358. The molecule has 8 heteroatoms. The first-order valence-electron chi connectivity index (χ1n) is 10.5. The molecule has 1 fully saturated rings. The number of fused-ring (bicyclic) bond motifs is 3. The Labute approximate surface area is 169 Å². The highest BCUT2D eigenvalue weighted by Gasteiger charge is 2.29. The third kappa shape index (κ3) is 3.54. The molecule has 3 aromatic rings. The van der Waals surface area contributed by atoms with E-state index in [0.717, 1.165) is 67.3 Å². The van der Waals surface area contributed by atoms with Crippen molar-refractivity contribution in [1.29, 1.82) is 0 Å². The van der Waals surface area contributed by atoms with Crippen molar-refractivity contribution in [2.24, 2.45) is 5.92 Å². The molecule has 0 spiro atoms. The van der Waals surface area contributed by atoms with Gasteiger partial charge in [-0.1, -0.05) is 6.42 Å². The predicted octanol–water partition coefficient (Wildman–Crippen LogP) is 2.80. The molecule has 150 valence electrons. The summed E-state index contributed by atoms with van der Waals surface area (Å²) in [5.41, 5.74) is 2.53. The minimum Gasteiger partial charge on any atom is -0.354 e. The molecule has 2 aliphatic heterocycles. The Bertz CT molecular complexity index is 1020. The molecule has 5 rings (SSSR count). The first-order chi connectivity index (χ1) is 14.3. The van der Waals surface area contributed by atoms with Gasteiger partial charge in [0, 0.05) is 32.3 Å². The van der Waals surface area contributed by atoms with E-state index >= 15 is 0 Å². The standard InChI is InChI=1S/C21H25N7O/c29-21(25-16-7-4-9-22-12-16)15-6-5-10-27(13-15)19-18-20(24-14-23-19)28-11-3-1-2-8-17(28)26-18/h4,7,9,12,14-15H,1-3,5-6,8,10-11,13H2,(H,25,29). The number of pyridine rings is 1. The second-order valence-corrected chi connectivity index (χ2v) is 7.88. The van der Waals surface area contributed by atoms with Crippen LogP contribution in [0.2, 0.25) is 0 Å². The fourth-order valence-electron chi connectivity index (χ4n) is 4.42. The van der Waals surface area contributed by atoms with Crippen LogP contribution in [-0.4, -0.2) is 43.5 Å². The van der Waals surface area contributed by atoms with E-state index in [0.29, 0.717) is 6.54 Å². The molecule has 5 heterocycles. The van der Waals surface area contributed by atoms with Crippen LogP contribution >= 0.6 is 0 Å². The number of hydrogen-bond donors (Lipinski definition) is 1. The lowest BCUT2D eigenvalue weighted by Gasteiger charge is -2.32. The van der Waals surface area contributed by atoms with Gasteiger partial charge in [0.2, 0.25) is 5.91 Å². The molecule has 0 aromatic carbocycles. The van der Waals surface area contributed by atoms with E-state index < -0.39 is 0 Å². The maximum absolute atomic E-state index is 12.8. The van der Waals surface area contributed by atoms with Crippen molar-refractivity contribution in [2.75, 3.05) is 23.3 Å². The summed E-state index contributed by atoms with van der Waals surface area (Å²) in [7, 11) is 0. The van der Waals surface area contributed by atoms with Gasteiger partial charge in [-0.3, -0.25) is 9.78 Å². The third-order valence-electron chi connectivity index (χ3n) is 5.89. The van der Waals surface area contributed by atoms with Gasteiger partial charge in [0.25, 0.3) is 0 Å². The van der Waals surface area contributed by atoms with Gasteiger partial charge >= 0.3 is 0 Å². The van der Waals surface area contributed by atoms with Crippen LogP contribution < -0.4 is 10.2 Å². The summed E-state index contributed by atoms with van der Waals surface area (Å²) in [6, 6.07) is 3.68. The lowest BCUT2D eigenvalue weighted by atomic mass is 9.97. The zero-order valence-electron chi connectivity index (χ0n) is 16.4. The van der Waals surface area contributed by atoms with Crippen molar-refractivity contribution in [3.8, 4) is 0 Å². The molecule has 1 amide bonds. The van der Waals surface area contributed by atoms with E-state index in [-0.39, 0.29) is 11.8 Å². The van der Waals surface area contributed by atoms with Crippen molar-refractivity contribution in [3.05, 3.63) is 36.7 Å². The van der Waals surface area contributed by atoms with Gasteiger partial charge in [-0.2, -0.15) is 0 Å². The summed E-state index contributed by atoms with van der Waals surface area (Å²) < 4.78 is 2.25. The summed E-state index contributed by atoms with van der Waals surface area (Å²) in [5.74, 6) is 1.92. The molecule has 1 unspecified atom stereocenters. The van der Waals surface area contributed by atoms with Gasteiger partial charge in [0.15, 0.2) is 17.0 Å². The average molecular weight is 391 g/mol. The number of piperidine rings is 1. The first kappa shape index (κ1) is 18.0. The first-order valence-corrected chi connectivity index (χ1v) is 10.5. The normalized spacial score (nSPS) is 19.6. The summed E-state index contributed by atoms with van der Waals surface area (Å²) in [6.07, 6.45) is 11.4. The van der Waals surface area contributed by atoms with Crippen LogP contribution in [0.1, 0.15) is 37.9 Å². The molecule has 8 nitrogen and oxygen atoms in total. The number of aromatic nitrogens is 5. The van der Waals surface area contributed by atoms with E-state index in [9.17, 15) is 4.79 Å². The largest absolute Gasteiger partial charge is 0.354 e. The monoisotopic (exact) mass is 391 g/mol. The third-order valence-corrected chi connectivity index (χ3v) is 5.89. The SMILES string of the molecule is O=C(Nc1cccnc1)C1CCCN(c2ncnc3c2nc2n3CCCCC2)C1. The smallest absolute Gasteiger partial charge is 0.229 e. The Morgan fingerprint density at radius 3 is 3.00 bits per heavy atom. The second kappa shape index (κ2) is 7.77. The highest BCUT2D eigenvalue weighted by Crippen LogP contribution is 2.29. The number of amides is 1. The summed E-state index contributed by atoms with van der Waals surface area (Å²) in [6.45, 7) is 2.49. The predicted molar refractivity (Wildman–Crippen MR) is 111 cm³/mol. The number of carbonyl (C=O) groups excluding carboxylic acids is 1. The Kier molecular flexibility index (Phi) is 4.83. The molecule has 1 N–H and O–H groups in total. The molecule has 0 aliphatic carbocycles. The highest BCUT2D eigenvalue weighted by atomic mass is 16.1. The maximum Gasteiger partial charge on any atom is 0.229 e. The number of carbonyl (C=O) groups is 1. The minimum atomic E-state index is -0.0885. The highest BCUT2D eigenvalue weighted by molar-refractivity contribution is 5.93. The van der Waals surface area contributed by atoms with Crippen molar-refractivity contribution >= 4 is 28.6 Å². The summed E-state index contributed by atoms with van der Waals surface area (Å²) >= 11 is 0. The quantitative estimate of drug-likeness (QED) is 0.739. The molecule has 0 saturated carbocycles. The van der Waals surface area contributed by atoms with Crippen LogP contribution in [0.5, 0.6) is 0 Å². The Morgan fingerprint density at radius 2 is 2.10 bits per heavy atom. The summed E-state index contributed by atoms with van der Waals surface area (Å²) in [4.78, 5) is 33.1. The van der Waals surface area contributed by atoms with Gasteiger partial charge in [0.05, 0.1) is 17.8 Å². The fourth-order valence-corrected chi connectivity index (χ4v) is 4.42. The Balaban J connectivity index is 1.39. The van der Waals surface area contributed by atoms with Gasteiger partial charge in [-0.25, -0.2) is 15.0 Å². The number of hydrogen-bond acceptors (Lipinski definition) is 6. The van der Waals surface area contributed by atoms with E-state index in [4.69, 9.17) is 4.98 Å². The molecule has 0 bridgehead atoms. The van der Waals surface area contributed by atoms with Crippen molar-refractivity contribution in [3.63, 3.8) is 0 Å². The van der Waals surface area contributed by atoms with Crippen LogP contribution in [0, 0.1) is 5.92 Å². The number of rotatable bonds is 3. The fraction of sp³-hybridized carbons (Fsp3) is 0.476. The zero-order chi connectivity index (χ0) is 19.6. The zero-order valence-corrected chi connectivity index (χ0v) is 16.4. The number of aryl methyl sites for hydroxylation is 2. The molecule has 2 aliphatic rings. The number of nitrogens with zero attached hydrogens (tertiary/aromatic N) is 6. The van der Waals surface area contributed by atoms with E-state index in [1.54, 1.807) is 18.7 Å². The van der Waals surface area contributed by atoms with Crippen LogP contribution in [-0.2, 0) is 17.8 Å². The lowest BCUT2D eigenvalue weighted by molar-refractivity contribution is -0.120. The van der Waals surface area contributed by atoms with E-state index in [1.165, 1.54) is 12.8 Å². The van der Waals surface area contributed by atoms with Crippen LogP contribution in [0.25, 0.3) is 11.2 Å². The molecule has 1 atom stereocenters. The van der Waals surface area contributed by atoms with Crippen LogP contribution in [0.15, 0.2) is 30.9 Å². The molecule has 29 heavy (non-hydrogen) atoms. The van der Waals surface area contributed by atoms with E-state index in [2.05, 4.69) is 29.7 Å². The Hall–Kier alpha value is -3.03. The summed E-state index contributed by atoms with van der Waals surface area (Å²) in [5, 5.41) is 2.99. The lowest BCUT2D eigenvalue weighted by Crippen LogP contribution is -2.41. The molecular weight excluding hydrogens is 366 g/mol. The molecule has 1 saturated heterocycles. The number of anilines is 2. The van der Waals surface area contributed by atoms with Crippen molar-refractivity contribution < 1.29 is 4.79 Å². The van der Waals surface area contributed by atoms with Gasteiger partial charge in [-0.05, 0) is 37.8 Å².